The number of carbonyl (C=O) groups excluding carboxylic acids is 1. The van der Waals surface area contributed by atoms with Crippen molar-refractivity contribution in [1.82, 2.24) is 4.98 Å². The van der Waals surface area contributed by atoms with Crippen molar-refractivity contribution in [2.75, 3.05) is 13.7 Å². The maximum absolute atomic E-state index is 11.7. The molecule has 0 bridgehead atoms. The van der Waals surface area contributed by atoms with Crippen LogP contribution in [-0.2, 0) is 4.74 Å². The summed E-state index contributed by atoms with van der Waals surface area (Å²) in [4.78, 5) is 15.9. The third kappa shape index (κ3) is 2.46. The number of rotatable bonds is 3. The Morgan fingerprint density at radius 3 is 2.83 bits per heavy atom. The van der Waals surface area contributed by atoms with Gasteiger partial charge < -0.3 is 9.47 Å². The molecule has 2 aromatic rings. The van der Waals surface area contributed by atoms with Crippen molar-refractivity contribution in [3.05, 3.63) is 34.4 Å². The Hall–Kier alpha value is -1.62. The van der Waals surface area contributed by atoms with E-state index in [9.17, 15) is 4.79 Å². The van der Waals surface area contributed by atoms with E-state index in [2.05, 4.69) is 20.9 Å². The van der Waals surface area contributed by atoms with Crippen LogP contribution in [0.3, 0.4) is 0 Å². The highest BCUT2D eigenvalue weighted by atomic mass is 79.9. The van der Waals surface area contributed by atoms with Gasteiger partial charge in [0.15, 0.2) is 0 Å². The largest absolute Gasteiger partial charge is 0.497 e. The molecule has 0 N–H and O–H groups in total. The summed E-state index contributed by atoms with van der Waals surface area (Å²) >= 11 is 3.43. The highest BCUT2D eigenvalue weighted by Crippen LogP contribution is 2.27. The smallest absolute Gasteiger partial charge is 0.356 e. The van der Waals surface area contributed by atoms with Gasteiger partial charge >= 0.3 is 5.97 Å². The van der Waals surface area contributed by atoms with Crippen LogP contribution in [0.4, 0.5) is 0 Å². The highest BCUT2D eigenvalue weighted by Gasteiger charge is 2.12. The molecule has 0 aliphatic heterocycles. The van der Waals surface area contributed by atoms with Crippen LogP contribution in [0.25, 0.3) is 10.9 Å². The number of nitrogens with zero attached hydrogens (tertiary/aromatic N) is 1. The Kier molecular flexibility index (Phi) is 3.81. The third-order valence-corrected chi connectivity index (χ3v) is 3.11. The van der Waals surface area contributed by atoms with E-state index in [1.165, 1.54) is 0 Å². The standard InChI is InChI=1S/C13H12BrNO3/c1-3-18-13(16)12-7-10(14)9-5-4-8(17-2)6-11(9)15-12/h4-7H,3H2,1-2H3. The lowest BCUT2D eigenvalue weighted by Gasteiger charge is -2.06. The fraction of sp³-hybridized carbons (Fsp3) is 0.231. The fourth-order valence-corrected chi connectivity index (χ4v) is 2.15. The number of methoxy groups -OCH3 is 1. The van der Waals surface area contributed by atoms with Crippen LogP contribution < -0.4 is 4.74 Å². The summed E-state index contributed by atoms with van der Waals surface area (Å²) in [5.74, 6) is 0.269. The molecule has 0 aliphatic carbocycles. The Bertz CT molecular complexity index is 598. The van der Waals surface area contributed by atoms with Gasteiger partial charge in [-0.25, -0.2) is 9.78 Å². The maximum Gasteiger partial charge on any atom is 0.356 e. The van der Waals surface area contributed by atoms with E-state index in [-0.39, 0.29) is 5.69 Å². The van der Waals surface area contributed by atoms with Crippen molar-refractivity contribution < 1.29 is 14.3 Å². The highest BCUT2D eigenvalue weighted by molar-refractivity contribution is 9.10. The van der Waals surface area contributed by atoms with Crippen molar-refractivity contribution >= 4 is 32.8 Å². The fourth-order valence-electron chi connectivity index (χ4n) is 1.60. The molecule has 4 nitrogen and oxygen atoms in total. The zero-order valence-corrected chi connectivity index (χ0v) is 11.7. The predicted octanol–water partition coefficient (Wildman–Crippen LogP) is 3.18. The Morgan fingerprint density at radius 1 is 1.39 bits per heavy atom. The first kappa shape index (κ1) is 12.8. The van der Waals surface area contributed by atoms with E-state index in [1.807, 2.05) is 12.1 Å². The number of esters is 1. The van der Waals surface area contributed by atoms with Crippen molar-refractivity contribution in [2.45, 2.75) is 6.92 Å². The molecule has 0 spiro atoms. The van der Waals surface area contributed by atoms with E-state index in [0.29, 0.717) is 17.9 Å². The number of fused-ring (bicyclic) bond motifs is 1. The number of carbonyl (C=O) groups is 1. The second-order valence-corrected chi connectivity index (χ2v) is 4.45. The summed E-state index contributed by atoms with van der Waals surface area (Å²) < 4.78 is 10.9. The first-order valence-corrected chi connectivity index (χ1v) is 6.26. The topological polar surface area (TPSA) is 48.4 Å². The molecule has 5 heteroatoms. The zero-order chi connectivity index (χ0) is 13.1. The second-order valence-electron chi connectivity index (χ2n) is 3.59. The number of ether oxygens (including phenoxy) is 2. The quantitative estimate of drug-likeness (QED) is 0.817. The van der Waals surface area contributed by atoms with Crippen molar-refractivity contribution in [2.24, 2.45) is 0 Å². The van der Waals surface area contributed by atoms with Crippen LogP contribution >= 0.6 is 15.9 Å². The summed E-state index contributed by atoms with van der Waals surface area (Å²) in [6.45, 7) is 2.09. The van der Waals surface area contributed by atoms with Crippen LogP contribution in [0.5, 0.6) is 5.75 Å². The number of halogens is 1. The monoisotopic (exact) mass is 309 g/mol. The number of aromatic nitrogens is 1. The normalized spacial score (nSPS) is 10.4. The lowest BCUT2D eigenvalue weighted by atomic mass is 10.2. The number of benzene rings is 1. The SMILES string of the molecule is CCOC(=O)c1cc(Br)c2ccc(OC)cc2n1. The van der Waals surface area contributed by atoms with Gasteiger partial charge in [0.05, 0.1) is 19.2 Å². The molecule has 18 heavy (non-hydrogen) atoms. The molecule has 0 saturated heterocycles. The third-order valence-electron chi connectivity index (χ3n) is 2.45. The first-order chi connectivity index (χ1) is 8.65. The lowest BCUT2D eigenvalue weighted by molar-refractivity contribution is 0.0520. The van der Waals surface area contributed by atoms with Gasteiger partial charge in [0.25, 0.3) is 0 Å². The molecule has 0 unspecified atom stereocenters. The average molecular weight is 310 g/mol. The molecule has 94 valence electrons. The van der Waals surface area contributed by atoms with Crippen LogP contribution in [-0.4, -0.2) is 24.7 Å². The van der Waals surface area contributed by atoms with E-state index in [0.717, 1.165) is 9.86 Å². The molecule has 0 amide bonds. The van der Waals surface area contributed by atoms with E-state index in [4.69, 9.17) is 9.47 Å². The van der Waals surface area contributed by atoms with Crippen LogP contribution in [0, 0.1) is 0 Å². The minimum Gasteiger partial charge on any atom is -0.497 e. The predicted molar refractivity (Wildman–Crippen MR) is 72.0 cm³/mol. The number of pyridine rings is 1. The summed E-state index contributed by atoms with van der Waals surface area (Å²) in [7, 11) is 1.59. The van der Waals surface area contributed by atoms with Crippen molar-refractivity contribution in [3.8, 4) is 5.75 Å². The van der Waals surface area contributed by atoms with E-state index >= 15 is 0 Å². The van der Waals surface area contributed by atoms with Gasteiger partial charge in [-0.3, -0.25) is 0 Å². The Morgan fingerprint density at radius 2 is 2.17 bits per heavy atom. The van der Waals surface area contributed by atoms with Gasteiger partial charge in [0, 0.05) is 15.9 Å². The summed E-state index contributed by atoms with van der Waals surface area (Å²) in [5, 5.41) is 0.920. The van der Waals surface area contributed by atoms with Crippen LogP contribution in [0.15, 0.2) is 28.7 Å². The van der Waals surface area contributed by atoms with Gasteiger partial charge in [-0.2, -0.15) is 0 Å². The summed E-state index contributed by atoms with van der Waals surface area (Å²) in [5.41, 5.74) is 0.969. The number of hydrogen-bond acceptors (Lipinski definition) is 4. The van der Waals surface area contributed by atoms with Gasteiger partial charge in [0.2, 0.25) is 0 Å². The molecule has 0 saturated carbocycles. The van der Waals surface area contributed by atoms with Crippen molar-refractivity contribution in [3.63, 3.8) is 0 Å². The van der Waals surface area contributed by atoms with E-state index in [1.54, 1.807) is 26.2 Å². The Balaban J connectivity index is 2.55. The van der Waals surface area contributed by atoms with Crippen LogP contribution in [0.1, 0.15) is 17.4 Å². The maximum atomic E-state index is 11.7. The van der Waals surface area contributed by atoms with Gasteiger partial charge in [-0.1, -0.05) is 15.9 Å². The lowest BCUT2D eigenvalue weighted by Crippen LogP contribution is -2.07. The summed E-state index contributed by atoms with van der Waals surface area (Å²) in [6, 6.07) is 7.18. The first-order valence-electron chi connectivity index (χ1n) is 5.47. The molecule has 0 radical (unpaired) electrons. The molecule has 2 rings (SSSR count). The van der Waals surface area contributed by atoms with Gasteiger partial charge in [-0.05, 0) is 25.1 Å². The van der Waals surface area contributed by atoms with Crippen LogP contribution in [0.2, 0.25) is 0 Å². The summed E-state index contributed by atoms with van der Waals surface area (Å²) in [6.07, 6.45) is 0. The second kappa shape index (κ2) is 5.35. The Labute approximate surface area is 113 Å². The van der Waals surface area contributed by atoms with E-state index < -0.39 is 5.97 Å². The minimum absolute atomic E-state index is 0.282. The van der Waals surface area contributed by atoms with Gasteiger partial charge in [-0.15, -0.1) is 0 Å². The minimum atomic E-state index is -0.428. The molecule has 1 heterocycles. The molecule has 1 aromatic heterocycles. The molecule has 0 fully saturated rings. The molecule has 0 atom stereocenters. The molecule has 0 aliphatic rings. The molecule has 1 aromatic carbocycles. The number of hydrogen-bond donors (Lipinski definition) is 0. The molecular formula is C13H12BrNO3. The molecular weight excluding hydrogens is 298 g/mol. The average Bonchev–Trinajstić information content (AvgIpc) is 2.38. The van der Waals surface area contributed by atoms with Gasteiger partial charge in [0.1, 0.15) is 11.4 Å². The van der Waals surface area contributed by atoms with Crippen molar-refractivity contribution in [1.29, 1.82) is 0 Å². The zero-order valence-electron chi connectivity index (χ0n) is 10.1.